The second-order valence-corrected chi connectivity index (χ2v) is 5.65. The Labute approximate surface area is 119 Å². The predicted molar refractivity (Wildman–Crippen MR) is 81.6 cm³/mol. The molecule has 0 spiro atoms. The van der Waals surface area contributed by atoms with Crippen molar-refractivity contribution in [2.45, 2.75) is 58.4 Å². The number of halogens is 1. The number of unbranched alkanes of at least 4 members (excludes halogenated alkanes) is 6. The van der Waals surface area contributed by atoms with Gasteiger partial charge in [-0.2, -0.15) is 0 Å². The Morgan fingerprint density at radius 3 is 2.33 bits per heavy atom. The molecule has 1 heterocycles. The Kier molecular flexibility index (Phi) is 8.06. The van der Waals surface area contributed by atoms with Crippen LogP contribution in [0.2, 0.25) is 0 Å². The maximum atomic E-state index is 11.8. The van der Waals surface area contributed by atoms with E-state index in [2.05, 4.69) is 15.9 Å². The van der Waals surface area contributed by atoms with Gasteiger partial charge in [-0.05, 0) is 25.8 Å². The zero-order chi connectivity index (χ0) is 13.2. The summed E-state index contributed by atoms with van der Waals surface area (Å²) in [7, 11) is 0. The number of pyridine rings is 1. The summed E-state index contributed by atoms with van der Waals surface area (Å²) in [5, 5.41) is 1.13. The third kappa shape index (κ3) is 5.85. The molecule has 1 rings (SSSR count). The summed E-state index contributed by atoms with van der Waals surface area (Å²) in [5.41, 5.74) is 1.00. The van der Waals surface area contributed by atoms with Crippen molar-refractivity contribution in [1.82, 2.24) is 4.57 Å². The van der Waals surface area contributed by atoms with E-state index in [1.165, 1.54) is 38.5 Å². The summed E-state index contributed by atoms with van der Waals surface area (Å²) in [6.45, 7) is 2.74. The van der Waals surface area contributed by atoms with Gasteiger partial charge < -0.3 is 4.57 Å². The monoisotopic (exact) mass is 313 g/mol. The maximum absolute atomic E-state index is 11.8. The molecule has 0 aliphatic heterocycles. The number of aryl methyl sites for hydroxylation is 2. The van der Waals surface area contributed by atoms with Crippen molar-refractivity contribution in [2.24, 2.45) is 0 Å². The van der Waals surface area contributed by atoms with Gasteiger partial charge in [0, 0.05) is 23.6 Å². The molecule has 0 saturated heterocycles. The molecule has 0 bridgehead atoms. The average Bonchev–Trinajstić information content (AvgIpc) is 2.37. The van der Waals surface area contributed by atoms with E-state index in [1.54, 1.807) is 0 Å². The van der Waals surface area contributed by atoms with Gasteiger partial charge >= 0.3 is 0 Å². The van der Waals surface area contributed by atoms with Crippen LogP contribution < -0.4 is 5.56 Å². The van der Waals surface area contributed by atoms with E-state index in [4.69, 9.17) is 0 Å². The van der Waals surface area contributed by atoms with Crippen LogP contribution in [0.15, 0.2) is 23.1 Å². The van der Waals surface area contributed by atoms with E-state index < -0.39 is 0 Å². The van der Waals surface area contributed by atoms with E-state index in [1.807, 2.05) is 29.8 Å². The highest BCUT2D eigenvalue weighted by Crippen LogP contribution is 2.08. The fourth-order valence-electron chi connectivity index (χ4n) is 2.09. The van der Waals surface area contributed by atoms with Crippen molar-refractivity contribution in [1.29, 1.82) is 0 Å². The third-order valence-electron chi connectivity index (χ3n) is 3.24. The number of nitrogens with zero attached hydrogens (tertiary/aromatic N) is 1. The molecule has 1 aromatic heterocycles. The molecule has 102 valence electrons. The van der Waals surface area contributed by atoms with Gasteiger partial charge in [0.25, 0.3) is 5.56 Å². The Balaban J connectivity index is 2.11. The number of aromatic nitrogens is 1. The molecule has 0 amide bonds. The van der Waals surface area contributed by atoms with E-state index >= 15 is 0 Å². The predicted octanol–water partition coefficient (Wildman–Crippen LogP) is 4.28. The fraction of sp³-hybridized carbons (Fsp3) is 0.667. The number of rotatable bonds is 9. The van der Waals surface area contributed by atoms with Gasteiger partial charge in [-0.1, -0.05) is 54.1 Å². The summed E-state index contributed by atoms with van der Waals surface area (Å²) >= 11 is 3.45. The minimum absolute atomic E-state index is 0.162. The van der Waals surface area contributed by atoms with E-state index in [9.17, 15) is 4.79 Å². The molecule has 18 heavy (non-hydrogen) atoms. The van der Waals surface area contributed by atoms with Crippen molar-refractivity contribution in [2.75, 3.05) is 5.33 Å². The van der Waals surface area contributed by atoms with E-state index in [0.717, 1.165) is 23.9 Å². The van der Waals surface area contributed by atoms with Crippen LogP contribution in [0.1, 0.15) is 50.5 Å². The first-order valence-electron chi connectivity index (χ1n) is 6.97. The summed E-state index contributed by atoms with van der Waals surface area (Å²) < 4.78 is 1.83. The summed E-state index contributed by atoms with van der Waals surface area (Å²) in [5.74, 6) is 0. The van der Waals surface area contributed by atoms with Crippen LogP contribution in [0.4, 0.5) is 0 Å². The van der Waals surface area contributed by atoms with Crippen LogP contribution in [-0.4, -0.2) is 9.90 Å². The minimum Gasteiger partial charge on any atom is -0.315 e. The standard InChI is InChI=1S/C15H24BrNO/c1-14-10-9-13-17(15(14)18)12-8-6-4-2-3-5-7-11-16/h9-10,13H,2-8,11-12H2,1H3. The minimum atomic E-state index is 0.162. The van der Waals surface area contributed by atoms with Gasteiger partial charge in [-0.25, -0.2) is 0 Å². The van der Waals surface area contributed by atoms with Gasteiger partial charge in [0.15, 0.2) is 0 Å². The van der Waals surface area contributed by atoms with Crippen molar-refractivity contribution in [3.8, 4) is 0 Å². The first-order chi connectivity index (χ1) is 8.75. The molecule has 0 fully saturated rings. The Hall–Kier alpha value is -0.570. The normalized spacial score (nSPS) is 10.8. The molecule has 3 heteroatoms. The zero-order valence-electron chi connectivity index (χ0n) is 11.3. The fourth-order valence-corrected chi connectivity index (χ4v) is 2.49. The van der Waals surface area contributed by atoms with Crippen LogP contribution in [-0.2, 0) is 6.54 Å². The lowest BCUT2D eigenvalue weighted by Gasteiger charge is -2.06. The molecular formula is C15H24BrNO. The second kappa shape index (κ2) is 9.37. The molecule has 1 aromatic rings. The van der Waals surface area contributed by atoms with Gasteiger partial charge in [-0.15, -0.1) is 0 Å². The summed E-state index contributed by atoms with van der Waals surface area (Å²) in [4.78, 5) is 11.8. The lowest BCUT2D eigenvalue weighted by atomic mass is 10.1. The molecule has 0 atom stereocenters. The molecule has 0 aromatic carbocycles. The largest absolute Gasteiger partial charge is 0.315 e. The van der Waals surface area contributed by atoms with E-state index in [0.29, 0.717) is 0 Å². The number of hydrogen-bond acceptors (Lipinski definition) is 1. The van der Waals surface area contributed by atoms with E-state index in [-0.39, 0.29) is 5.56 Å². The van der Waals surface area contributed by atoms with Crippen LogP contribution in [0.5, 0.6) is 0 Å². The first-order valence-corrected chi connectivity index (χ1v) is 8.10. The Bertz CT molecular complexity index is 386. The van der Waals surface area contributed by atoms with Gasteiger partial charge in [-0.3, -0.25) is 4.79 Å². The molecule has 0 aliphatic rings. The maximum Gasteiger partial charge on any atom is 0.253 e. The Morgan fingerprint density at radius 1 is 1.06 bits per heavy atom. The van der Waals surface area contributed by atoms with Crippen molar-refractivity contribution in [3.63, 3.8) is 0 Å². The highest BCUT2D eigenvalue weighted by Gasteiger charge is 1.98. The average molecular weight is 314 g/mol. The van der Waals surface area contributed by atoms with Crippen molar-refractivity contribution >= 4 is 15.9 Å². The summed E-state index contributed by atoms with van der Waals surface area (Å²) in [6.07, 6.45) is 10.8. The molecule has 0 N–H and O–H groups in total. The van der Waals surface area contributed by atoms with Crippen LogP contribution in [0.3, 0.4) is 0 Å². The summed E-state index contributed by atoms with van der Waals surface area (Å²) in [6, 6.07) is 3.83. The van der Waals surface area contributed by atoms with Crippen LogP contribution in [0, 0.1) is 6.92 Å². The highest BCUT2D eigenvalue weighted by molar-refractivity contribution is 9.09. The lowest BCUT2D eigenvalue weighted by Crippen LogP contribution is -2.21. The quantitative estimate of drug-likeness (QED) is 0.492. The van der Waals surface area contributed by atoms with Crippen molar-refractivity contribution in [3.05, 3.63) is 34.2 Å². The molecule has 0 saturated carbocycles. The highest BCUT2D eigenvalue weighted by atomic mass is 79.9. The third-order valence-corrected chi connectivity index (χ3v) is 3.80. The van der Waals surface area contributed by atoms with Gasteiger partial charge in [0.2, 0.25) is 0 Å². The molecule has 0 unspecified atom stereocenters. The molecule has 0 aliphatic carbocycles. The number of alkyl halides is 1. The first kappa shape index (κ1) is 15.5. The Morgan fingerprint density at radius 2 is 1.67 bits per heavy atom. The van der Waals surface area contributed by atoms with Crippen molar-refractivity contribution < 1.29 is 0 Å². The van der Waals surface area contributed by atoms with Gasteiger partial charge in [0.05, 0.1) is 0 Å². The van der Waals surface area contributed by atoms with Crippen LogP contribution in [0.25, 0.3) is 0 Å². The number of hydrogen-bond donors (Lipinski definition) is 0. The molecule has 2 nitrogen and oxygen atoms in total. The second-order valence-electron chi connectivity index (χ2n) is 4.85. The topological polar surface area (TPSA) is 22.0 Å². The zero-order valence-corrected chi connectivity index (χ0v) is 12.9. The lowest BCUT2D eigenvalue weighted by molar-refractivity contribution is 0.542. The molecular weight excluding hydrogens is 290 g/mol. The van der Waals surface area contributed by atoms with Crippen LogP contribution >= 0.6 is 15.9 Å². The molecule has 0 radical (unpaired) electrons. The smallest absolute Gasteiger partial charge is 0.253 e. The van der Waals surface area contributed by atoms with Gasteiger partial charge in [0.1, 0.15) is 0 Å². The SMILES string of the molecule is Cc1cccn(CCCCCCCCCBr)c1=O.